The van der Waals surface area contributed by atoms with Gasteiger partial charge in [-0.05, 0) is 24.8 Å². The number of H-pyrrole nitrogens is 1. The van der Waals surface area contributed by atoms with Gasteiger partial charge in [-0.25, -0.2) is 4.98 Å². The lowest BCUT2D eigenvalue weighted by molar-refractivity contribution is 0.174. The van der Waals surface area contributed by atoms with Crippen molar-refractivity contribution in [3.8, 4) is 0 Å². The van der Waals surface area contributed by atoms with E-state index in [0.29, 0.717) is 12.0 Å². The summed E-state index contributed by atoms with van der Waals surface area (Å²) in [7, 11) is 0. The summed E-state index contributed by atoms with van der Waals surface area (Å²) in [6.45, 7) is 9.90. The van der Waals surface area contributed by atoms with Gasteiger partial charge in [0.1, 0.15) is 5.82 Å². The highest BCUT2D eigenvalue weighted by Gasteiger charge is 2.35. The van der Waals surface area contributed by atoms with Crippen LogP contribution in [0, 0.1) is 5.41 Å². The van der Waals surface area contributed by atoms with Crippen molar-refractivity contribution in [3.63, 3.8) is 0 Å². The number of nitrogens with one attached hydrogen (secondary N) is 2. The lowest BCUT2D eigenvalue weighted by Gasteiger charge is -2.37. The molecule has 90 valence electrons. The normalized spacial score (nSPS) is 24.9. The fourth-order valence-electron chi connectivity index (χ4n) is 2.35. The smallest absolute Gasteiger partial charge is 0.153 e. The highest BCUT2D eigenvalue weighted by Crippen LogP contribution is 2.38. The first-order valence-electron chi connectivity index (χ1n) is 6.16. The summed E-state index contributed by atoms with van der Waals surface area (Å²) in [5.41, 5.74) is 0.256. The minimum atomic E-state index is 0.256. The van der Waals surface area contributed by atoms with Gasteiger partial charge in [0.2, 0.25) is 0 Å². The van der Waals surface area contributed by atoms with Gasteiger partial charge in [0.05, 0.1) is 6.04 Å². The molecule has 4 nitrogen and oxygen atoms in total. The van der Waals surface area contributed by atoms with Crippen molar-refractivity contribution in [2.24, 2.45) is 5.41 Å². The van der Waals surface area contributed by atoms with Gasteiger partial charge in [-0.1, -0.05) is 27.7 Å². The molecular formula is C12H22N4. The van der Waals surface area contributed by atoms with E-state index in [-0.39, 0.29) is 5.41 Å². The molecule has 1 aromatic rings. The van der Waals surface area contributed by atoms with E-state index in [2.05, 4.69) is 48.2 Å². The van der Waals surface area contributed by atoms with Crippen LogP contribution < -0.4 is 5.32 Å². The molecule has 0 amide bonds. The molecule has 0 aliphatic carbocycles. The second-order valence-electron chi connectivity index (χ2n) is 5.71. The number of hydrogen-bond donors (Lipinski definition) is 2. The Morgan fingerprint density at radius 3 is 2.69 bits per heavy atom. The van der Waals surface area contributed by atoms with Gasteiger partial charge in [0.25, 0.3) is 0 Å². The molecular weight excluding hydrogens is 200 g/mol. The first kappa shape index (κ1) is 11.6. The second-order valence-corrected chi connectivity index (χ2v) is 5.71. The van der Waals surface area contributed by atoms with Gasteiger partial charge in [0, 0.05) is 5.92 Å². The van der Waals surface area contributed by atoms with E-state index in [1.807, 2.05) is 0 Å². The van der Waals surface area contributed by atoms with Gasteiger partial charge < -0.3 is 5.32 Å². The maximum Gasteiger partial charge on any atom is 0.153 e. The third-order valence-corrected chi connectivity index (χ3v) is 3.44. The van der Waals surface area contributed by atoms with Crippen molar-refractivity contribution in [2.75, 3.05) is 6.54 Å². The van der Waals surface area contributed by atoms with E-state index in [9.17, 15) is 0 Å². The second kappa shape index (κ2) is 4.17. The van der Waals surface area contributed by atoms with Crippen molar-refractivity contribution in [1.82, 2.24) is 20.5 Å². The van der Waals surface area contributed by atoms with Gasteiger partial charge in [-0.15, -0.1) is 0 Å². The number of piperidine rings is 1. The topological polar surface area (TPSA) is 53.6 Å². The average molecular weight is 222 g/mol. The van der Waals surface area contributed by atoms with Gasteiger partial charge in [-0.3, -0.25) is 5.10 Å². The van der Waals surface area contributed by atoms with E-state index in [4.69, 9.17) is 0 Å². The van der Waals surface area contributed by atoms with Crippen LogP contribution in [0.3, 0.4) is 0 Å². The minimum Gasteiger partial charge on any atom is -0.307 e. The number of rotatable bonds is 2. The number of aromatic amines is 1. The van der Waals surface area contributed by atoms with Crippen LogP contribution in [0.1, 0.15) is 64.1 Å². The van der Waals surface area contributed by atoms with Crippen molar-refractivity contribution in [1.29, 1.82) is 0 Å². The molecule has 0 bridgehead atoms. The van der Waals surface area contributed by atoms with Crippen LogP contribution in [0.2, 0.25) is 0 Å². The van der Waals surface area contributed by atoms with E-state index < -0.39 is 0 Å². The molecule has 4 heteroatoms. The predicted molar refractivity (Wildman–Crippen MR) is 64.2 cm³/mol. The lowest BCUT2D eigenvalue weighted by Crippen LogP contribution is -2.40. The van der Waals surface area contributed by atoms with Crippen molar-refractivity contribution >= 4 is 0 Å². The zero-order valence-corrected chi connectivity index (χ0v) is 10.7. The molecule has 2 rings (SSSR count). The largest absolute Gasteiger partial charge is 0.307 e. The maximum absolute atomic E-state index is 4.60. The molecule has 1 unspecified atom stereocenters. The van der Waals surface area contributed by atoms with E-state index in [0.717, 1.165) is 18.2 Å². The third kappa shape index (κ3) is 2.12. The van der Waals surface area contributed by atoms with Crippen LogP contribution in [0.25, 0.3) is 0 Å². The predicted octanol–water partition coefficient (Wildman–Crippen LogP) is 2.38. The van der Waals surface area contributed by atoms with Crippen LogP contribution in [0.5, 0.6) is 0 Å². The Labute approximate surface area is 97.2 Å². The lowest BCUT2D eigenvalue weighted by atomic mass is 9.77. The molecule has 0 radical (unpaired) electrons. The monoisotopic (exact) mass is 222 g/mol. The molecule has 0 saturated carbocycles. The highest BCUT2D eigenvalue weighted by molar-refractivity contribution is 5.05. The number of hydrogen-bond acceptors (Lipinski definition) is 3. The first-order chi connectivity index (χ1) is 7.50. The van der Waals surface area contributed by atoms with Crippen LogP contribution in [-0.4, -0.2) is 21.7 Å². The molecule has 1 aliphatic heterocycles. The molecule has 2 heterocycles. The number of nitrogens with zero attached hydrogens (tertiary/aromatic N) is 2. The van der Waals surface area contributed by atoms with Crippen molar-refractivity contribution < 1.29 is 0 Å². The standard InChI is InChI=1S/C12H22N4/c1-8(2)10-14-11(16-15-10)9-12(3,4)6-5-7-13-9/h8-9,13H,5-7H2,1-4H3,(H,14,15,16). The van der Waals surface area contributed by atoms with Crippen molar-refractivity contribution in [3.05, 3.63) is 11.6 Å². The third-order valence-electron chi connectivity index (χ3n) is 3.44. The van der Waals surface area contributed by atoms with Gasteiger partial charge in [-0.2, -0.15) is 5.10 Å². The molecule has 0 spiro atoms. The zero-order valence-electron chi connectivity index (χ0n) is 10.7. The molecule has 16 heavy (non-hydrogen) atoms. The quantitative estimate of drug-likeness (QED) is 0.807. The summed E-state index contributed by atoms with van der Waals surface area (Å²) in [5.74, 6) is 2.29. The molecule has 1 saturated heterocycles. The number of aromatic nitrogens is 3. The zero-order chi connectivity index (χ0) is 11.8. The molecule has 1 aromatic heterocycles. The first-order valence-corrected chi connectivity index (χ1v) is 6.16. The molecule has 1 atom stereocenters. The highest BCUT2D eigenvalue weighted by atomic mass is 15.2. The Hall–Kier alpha value is -0.900. The summed E-state index contributed by atoms with van der Waals surface area (Å²) >= 11 is 0. The molecule has 2 N–H and O–H groups in total. The fourth-order valence-corrected chi connectivity index (χ4v) is 2.35. The maximum atomic E-state index is 4.60. The van der Waals surface area contributed by atoms with Crippen molar-refractivity contribution in [2.45, 2.75) is 52.5 Å². The molecule has 1 fully saturated rings. The van der Waals surface area contributed by atoms with Crippen LogP contribution in [0.4, 0.5) is 0 Å². The summed E-state index contributed by atoms with van der Waals surface area (Å²) in [5, 5.41) is 10.9. The van der Waals surface area contributed by atoms with Crippen LogP contribution >= 0.6 is 0 Å². The average Bonchev–Trinajstić information content (AvgIpc) is 2.65. The van der Waals surface area contributed by atoms with Gasteiger partial charge >= 0.3 is 0 Å². The Morgan fingerprint density at radius 1 is 1.38 bits per heavy atom. The van der Waals surface area contributed by atoms with E-state index in [1.54, 1.807) is 0 Å². The summed E-state index contributed by atoms with van der Waals surface area (Å²) in [4.78, 5) is 4.60. The molecule has 1 aliphatic rings. The van der Waals surface area contributed by atoms with Crippen LogP contribution in [0.15, 0.2) is 0 Å². The van der Waals surface area contributed by atoms with Crippen LogP contribution in [-0.2, 0) is 0 Å². The van der Waals surface area contributed by atoms with E-state index in [1.165, 1.54) is 12.8 Å². The summed E-state index contributed by atoms with van der Waals surface area (Å²) in [6, 6.07) is 0.307. The van der Waals surface area contributed by atoms with Gasteiger partial charge in [0.15, 0.2) is 5.82 Å². The Morgan fingerprint density at radius 2 is 2.12 bits per heavy atom. The summed E-state index contributed by atoms with van der Waals surface area (Å²) in [6.07, 6.45) is 2.48. The molecule has 0 aromatic carbocycles. The Bertz CT molecular complexity index is 354. The minimum absolute atomic E-state index is 0.256. The SMILES string of the molecule is CC(C)c1n[nH]c(C2NCCCC2(C)C)n1. The Balaban J connectivity index is 2.21. The fraction of sp³-hybridized carbons (Fsp3) is 0.833. The Kier molecular flexibility index (Phi) is 3.02. The van der Waals surface area contributed by atoms with E-state index >= 15 is 0 Å². The summed E-state index contributed by atoms with van der Waals surface area (Å²) < 4.78 is 0.